The van der Waals surface area contributed by atoms with Gasteiger partial charge in [-0.3, -0.25) is 0 Å². The Labute approximate surface area is 131 Å². The van der Waals surface area contributed by atoms with Crippen molar-refractivity contribution in [2.24, 2.45) is 5.92 Å². The van der Waals surface area contributed by atoms with Crippen molar-refractivity contribution in [2.75, 3.05) is 13.2 Å². The second-order valence-electron chi connectivity index (χ2n) is 7.15. The number of rotatable bonds is 7. The Hall–Kier alpha value is -1.02. The monoisotopic (exact) mass is 291 g/mol. The molecule has 0 fully saturated rings. The van der Waals surface area contributed by atoms with Gasteiger partial charge in [0.15, 0.2) is 0 Å². The van der Waals surface area contributed by atoms with E-state index in [4.69, 9.17) is 4.74 Å². The van der Waals surface area contributed by atoms with Gasteiger partial charge in [0.25, 0.3) is 0 Å². The molecule has 1 aromatic carbocycles. The number of hydrogen-bond donors (Lipinski definition) is 1. The standard InChI is InChI=1S/C19H33NO/c1-8-15-10-11-18(16(12-15)19(5,6)7)21-13-17(14(3)4)20-9-2/h10-12,14,17,20H,8-9,13H2,1-7H3. The Balaban J connectivity index is 2.92. The average molecular weight is 291 g/mol. The SMILES string of the molecule is CCNC(COc1ccc(CC)cc1C(C)(C)C)C(C)C. The van der Waals surface area contributed by atoms with E-state index in [-0.39, 0.29) is 5.41 Å². The maximum atomic E-state index is 6.18. The summed E-state index contributed by atoms with van der Waals surface area (Å²) in [5, 5.41) is 3.51. The summed E-state index contributed by atoms with van der Waals surface area (Å²) in [4.78, 5) is 0. The van der Waals surface area contributed by atoms with Gasteiger partial charge in [0, 0.05) is 6.04 Å². The second kappa shape index (κ2) is 7.84. The van der Waals surface area contributed by atoms with Gasteiger partial charge >= 0.3 is 0 Å². The predicted octanol–water partition coefficient (Wildman–Crippen LogP) is 4.56. The van der Waals surface area contributed by atoms with Crippen LogP contribution in [-0.2, 0) is 11.8 Å². The fourth-order valence-corrected chi connectivity index (χ4v) is 2.44. The smallest absolute Gasteiger partial charge is 0.123 e. The molecule has 0 aliphatic rings. The van der Waals surface area contributed by atoms with Crippen LogP contribution in [0, 0.1) is 5.92 Å². The lowest BCUT2D eigenvalue weighted by Gasteiger charge is -2.26. The van der Waals surface area contributed by atoms with Crippen molar-refractivity contribution in [1.29, 1.82) is 0 Å². The first-order chi connectivity index (χ1) is 9.79. The quantitative estimate of drug-likeness (QED) is 0.795. The van der Waals surface area contributed by atoms with E-state index < -0.39 is 0 Å². The molecule has 0 saturated heterocycles. The molecule has 0 heterocycles. The number of likely N-dealkylation sites (N-methyl/N-ethyl adjacent to an activating group) is 1. The van der Waals surface area contributed by atoms with Gasteiger partial charge < -0.3 is 10.1 Å². The molecule has 1 N–H and O–H groups in total. The molecule has 0 amide bonds. The summed E-state index contributed by atoms with van der Waals surface area (Å²) >= 11 is 0. The molecule has 0 spiro atoms. The van der Waals surface area contributed by atoms with Gasteiger partial charge in [-0.25, -0.2) is 0 Å². The molecular weight excluding hydrogens is 258 g/mol. The first-order valence-corrected chi connectivity index (χ1v) is 8.29. The summed E-state index contributed by atoms with van der Waals surface area (Å²) in [6.45, 7) is 17.3. The summed E-state index contributed by atoms with van der Waals surface area (Å²) < 4.78 is 6.18. The summed E-state index contributed by atoms with van der Waals surface area (Å²) in [5.41, 5.74) is 2.78. The zero-order valence-corrected chi connectivity index (χ0v) is 14.9. The molecule has 2 nitrogen and oxygen atoms in total. The number of aryl methyl sites for hydroxylation is 1. The third kappa shape index (κ3) is 5.35. The van der Waals surface area contributed by atoms with Crippen LogP contribution < -0.4 is 10.1 Å². The molecular formula is C19H33NO. The molecule has 0 radical (unpaired) electrons. The van der Waals surface area contributed by atoms with Gasteiger partial charge in [0.1, 0.15) is 12.4 Å². The van der Waals surface area contributed by atoms with Crippen LogP contribution in [0.15, 0.2) is 18.2 Å². The Morgan fingerprint density at radius 2 is 1.81 bits per heavy atom. The molecule has 0 bridgehead atoms. The molecule has 2 heteroatoms. The van der Waals surface area contributed by atoms with Crippen LogP contribution in [0.4, 0.5) is 0 Å². The maximum absolute atomic E-state index is 6.18. The first-order valence-electron chi connectivity index (χ1n) is 8.29. The summed E-state index contributed by atoms with van der Waals surface area (Å²) in [6, 6.07) is 7.02. The summed E-state index contributed by atoms with van der Waals surface area (Å²) in [5.74, 6) is 1.60. The highest BCUT2D eigenvalue weighted by molar-refractivity contribution is 5.41. The molecule has 21 heavy (non-hydrogen) atoms. The summed E-state index contributed by atoms with van der Waals surface area (Å²) in [6.07, 6.45) is 1.06. The van der Waals surface area contributed by atoms with Crippen molar-refractivity contribution in [2.45, 2.75) is 66.3 Å². The van der Waals surface area contributed by atoms with Gasteiger partial charge in [0.05, 0.1) is 0 Å². The lowest BCUT2D eigenvalue weighted by atomic mass is 9.85. The molecule has 1 atom stereocenters. The highest BCUT2D eigenvalue weighted by Gasteiger charge is 2.21. The lowest BCUT2D eigenvalue weighted by molar-refractivity contribution is 0.228. The fourth-order valence-electron chi connectivity index (χ4n) is 2.44. The van der Waals surface area contributed by atoms with Crippen LogP contribution >= 0.6 is 0 Å². The highest BCUT2D eigenvalue weighted by atomic mass is 16.5. The first kappa shape index (κ1) is 18.0. The van der Waals surface area contributed by atoms with Crippen LogP contribution in [0.5, 0.6) is 5.75 Å². The third-order valence-electron chi connectivity index (χ3n) is 3.95. The van der Waals surface area contributed by atoms with Crippen molar-refractivity contribution in [3.8, 4) is 5.75 Å². The van der Waals surface area contributed by atoms with E-state index in [1.54, 1.807) is 0 Å². The number of benzene rings is 1. The van der Waals surface area contributed by atoms with Crippen molar-refractivity contribution in [1.82, 2.24) is 5.32 Å². The second-order valence-corrected chi connectivity index (χ2v) is 7.15. The molecule has 0 aliphatic carbocycles. The molecule has 1 unspecified atom stereocenters. The van der Waals surface area contributed by atoms with E-state index in [0.717, 1.165) is 25.3 Å². The van der Waals surface area contributed by atoms with Crippen LogP contribution in [0.2, 0.25) is 0 Å². The zero-order valence-electron chi connectivity index (χ0n) is 14.9. The average Bonchev–Trinajstić information content (AvgIpc) is 2.42. The maximum Gasteiger partial charge on any atom is 0.123 e. The van der Waals surface area contributed by atoms with E-state index in [2.05, 4.69) is 72.0 Å². The Kier molecular flexibility index (Phi) is 6.73. The third-order valence-corrected chi connectivity index (χ3v) is 3.95. The van der Waals surface area contributed by atoms with Crippen molar-refractivity contribution in [3.05, 3.63) is 29.3 Å². The Morgan fingerprint density at radius 3 is 2.29 bits per heavy atom. The van der Waals surface area contributed by atoms with Crippen molar-refractivity contribution in [3.63, 3.8) is 0 Å². The highest BCUT2D eigenvalue weighted by Crippen LogP contribution is 2.32. The van der Waals surface area contributed by atoms with Gasteiger partial charge in [-0.05, 0) is 41.5 Å². The van der Waals surface area contributed by atoms with E-state index in [1.165, 1.54) is 11.1 Å². The molecule has 0 saturated carbocycles. The summed E-state index contributed by atoms with van der Waals surface area (Å²) in [7, 11) is 0. The van der Waals surface area contributed by atoms with Gasteiger partial charge in [-0.2, -0.15) is 0 Å². The molecule has 1 rings (SSSR count). The van der Waals surface area contributed by atoms with Crippen molar-refractivity contribution < 1.29 is 4.74 Å². The molecule has 1 aromatic rings. The zero-order chi connectivity index (χ0) is 16.0. The Morgan fingerprint density at radius 1 is 1.14 bits per heavy atom. The van der Waals surface area contributed by atoms with Gasteiger partial charge in [0.2, 0.25) is 0 Å². The van der Waals surface area contributed by atoms with Crippen molar-refractivity contribution >= 4 is 0 Å². The van der Waals surface area contributed by atoms with Gasteiger partial charge in [-0.1, -0.05) is 60.6 Å². The van der Waals surface area contributed by atoms with Crippen LogP contribution in [0.25, 0.3) is 0 Å². The Bertz CT molecular complexity index is 432. The minimum atomic E-state index is 0.103. The van der Waals surface area contributed by atoms with E-state index >= 15 is 0 Å². The van der Waals surface area contributed by atoms with Crippen LogP contribution in [0.3, 0.4) is 0 Å². The minimum Gasteiger partial charge on any atom is -0.492 e. The number of nitrogens with one attached hydrogen (secondary N) is 1. The largest absolute Gasteiger partial charge is 0.492 e. The normalized spacial score (nSPS) is 13.5. The molecule has 0 aromatic heterocycles. The topological polar surface area (TPSA) is 21.3 Å². The number of ether oxygens (including phenoxy) is 1. The molecule has 0 aliphatic heterocycles. The van der Waals surface area contributed by atoms with E-state index in [9.17, 15) is 0 Å². The molecule has 120 valence electrons. The minimum absolute atomic E-state index is 0.103. The van der Waals surface area contributed by atoms with Gasteiger partial charge in [-0.15, -0.1) is 0 Å². The van der Waals surface area contributed by atoms with E-state index in [1.807, 2.05) is 0 Å². The number of hydrogen-bond acceptors (Lipinski definition) is 2. The van der Waals surface area contributed by atoms with Crippen LogP contribution in [-0.4, -0.2) is 19.2 Å². The lowest BCUT2D eigenvalue weighted by Crippen LogP contribution is -2.39. The fraction of sp³-hybridized carbons (Fsp3) is 0.684. The van der Waals surface area contributed by atoms with Crippen LogP contribution in [0.1, 0.15) is 59.6 Å². The van der Waals surface area contributed by atoms with E-state index in [0.29, 0.717) is 12.0 Å². The predicted molar refractivity (Wildman–Crippen MR) is 92.3 cm³/mol.